The summed E-state index contributed by atoms with van der Waals surface area (Å²) in [5.41, 5.74) is 4.80. The van der Waals surface area contributed by atoms with E-state index in [1.54, 1.807) is 26.4 Å². The minimum atomic E-state index is -2.94. The van der Waals surface area contributed by atoms with Crippen molar-refractivity contribution in [1.82, 2.24) is 10.7 Å². The zero-order valence-electron chi connectivity index (χ0n) is 24.1. The van der Waals surface area contributed by atoms with Gasteiger partial charge in [0.25, 0.3) is 5.92 Å². The van der Waals surface area contributed by atoms with Crippen molar-refractivity contribution in [3.63, 3.8) is 0 Å². The molecule has 1 aliphatic heterocycles. The molecule has 3 N–H and O–H groups in total. The lowest BCUT2D eigenvalue weighted by molar-refractivity contribution is -0.120. The topological polar surface area (TPSA) is 90.2 Å². The zero-order chi connectivity index (χ0) is 30.0. The number of allylic oxidation sites excluding steroid dienone is 1. The molecule has 0 bridgehead atoms. The fraction of sp³-hybridized carbons (Fsp3) is 0.419. The predicted molar refractivity (Wildman–Crippen MR) is 160 cm³/mol. The number of anilines is 1. The van der Waals surface area contributed by atoms with Crippen molar-refractivity contribution >= 4 is 30.4 Å². The molecular formula is C31H39F3N6O. The summed E-state index contributed by atoms with van der Waals surface area (Å²) >= 11 is 0. The van der Waals surface area contributed by atoms with Crippen LogP contribution in [-0.4, -0.2) is 42.3 Å². The van der Waals surface area contributed by atoms with Gasteiger partial charge in [0, 0.05) is 30.6 Å². The van der Waals surface area contributed by atoms with E-state index in [2.05, 4.69) is 37.2 Å². The van der Waals surface area contributed by atoms with Crippen molar-refractivity contribution in [2.75, 3.05) is 5.32 Å². The number of hydrogen-bond acceptors (Lipinski definition) is 6. The molecule has 7 nitrogen and oxygen atoms in total. The number of aliphatic imine (C=N–C) groups is 2. The van der Waals surface area contributed by atoms with Crippen molar-refractivity contribution in [3.8, 4) is 0 Å². The van der Waals surface area contributed by atoms with Crippen molar-refractivity contribution in [2.45, 2.75) is 71.1 Å². The first-order valence-electron chi connectivity index (χ1n) is 13.7. The summed E-state index contributed by atoms with van der Waals surface area (Å²) in [6.45, 7) is 8.66. The van der Waals surface area contributed by atoms with E-state index >= 15 is 0 Å². The number of nitrogens with zero attached hydrogens (tertiary/aromatic N) is 3. The van der Waals surface area contributed by atoms with Crippen molar-refractivity contribution < 1.29 is 18.0 Å². The van der Waals surface area contributed by atoms with Crippen LogP contribution in [0.2, 0.25) is 0 Å². The smallest absolute Gasteiger partial charge is 0.253 e. The van der Waals surface area contributed by atoms with Crippen LogP contribution in [0.25, 0.3) is 0 Å². The highest BCUT2D eigenvalue weighted by molar-refractivity contribution is 5.92. The van der Waals surface area contributed by atoms with E-state index in [4.69, 9.17) is 0 Å². The van der Waals surface area contributed by atoms with Crippen molar-refractivity contribution in [1.29, 1.82) is 0 Å². The Morgan fingerprint density at radius 3 is 2.49 bits per heavy atom. The largest absolute Gasteiger partial charge is 0.326 e. The minimum absolute atomic E-state index is 0.00123. The van der Waals surface area contributed by atoms with Gasteiger partial charge < -0.3 is 5.32 Å². The van der Waals surface area contributed by atoms with Crippen LogP contribution in [-0.2, 0) is 11.3 Å². The van der Waals surface area contributed by atoms with Gasteiger partial charge >= 0.3 is 0 Å². The second kappa shape index (κ2) is 14.2. The Labute approximate surface area is 240 Å². The SMILES string of the molecule is CCC(/C=N\C(NCc1ccc(C2/C=C/C=N\N/C=N/C2(C)C)cc1)C(C)C(=O)Nc1ccc(F)cc1)C(C)(F)F. The molecule has 0 spiro atoms. The van der Waals surface area contributed by atoms with Gasteiger partial charge in [0.15, 0.2) is 0 Å². The molecule has 0 aliphatic carbocycles. The Hall–Kier alpha value is -3.79. The molecule has 0 radical (unpaired) electrons. The van der Waals surface area contributed by atoms with Gasteiger partial charge in [0.05, 0.1) is 17.4 Å². The summed E-state index contributed by atoms with van der Waals surface area (Å²) in [5, 5.41) is 10.0. The van der Waals surface area contributed by atoms with Crippen LogP contribution in [0.4, 0.5) is 18.9 Å². The molecule has 1 aliphatic rings. The maximum atomic E-state index is 14.0. The lowest BCUT2D eigenvalue weighted by Crippen LogP contribution is -2.40. The van der Waals surface area contributed by atoms with Crippen LogP contribution in [0.3, 0.4) is 0 Å². The number of hydrogen-bond donors (Lipinski definition) is 3. The number of carbonyl (C=O) groups excluding carboxylic acids is 1. The number of alkyl halides is 2. The first-order valence-corrected chi connectivity index (χ1v) is 13.7. The first kappa shape index (κ1) is 31.7. The van der Waals surface area contributed by atoms with Crippen LogP contribution in [0.1, 0.15) is 58.1 Å². The van der Waals surface area contributed by atoms with Crippen molar-refractivity contribution in [3.05, 3.63) is 77.6 Å². The first-order chi connectivity index (χ1) is 19.4. The maximum Gasteiger partial charge on any atom is 0.253 e. The molecule has 2 aromatic carbocycles. The molecule has 220 valence electrons. The molecule has 41 heavy (non-hydrogen) atoms. The van der Waals surface area contributed by atoms with E-state index in [9.17, 15) is 18.0 Å². The monoisotopic (exact) mass is 568 g/mol. The zero-order valence-corrected chi connectivity index (χ0v) is 24.1. The molecule has 4 atom stereocenters. The van der Waals surface area contributed by atoms with Gasteiger partial charge in [-0.1, -0.05) is 44.2 Å². The molecule has 10 heteroatoms. The van der Waals surface area contributed by atoms with E-state index in [1.165, 1.54) is 30.5 Å². The number of hydrazone groups is 1. The molecule has 1 heterocycles. The normalized spacial score (nSPS) is 21.4. The van der Waals surface area contributed by atoms with Crippen molar-refractivity contribution in [2.24, 2.45) is 26.9 Å². The van der Waals surface area contributed by atoms with E-state index < -0.39 is 35.3 Å². The molecule has 0 saturated carbocycles. The van der Waals surface area contributed by atoms with Crippen LogP contribution < -0.4 is 16.1 Å². The second-order valence-electron chi connectivity index (χ2n) is 10.8. The minimum Gasteiger partial charge on any atom is -0.326 e. The van der Waals surface area contributed by atoms with Gasteiger partial charge in [-0.3, -0.25) is 25.5 Å². The number of rotatable bonds is 11. The van der Waals surface area contributed by atoms with Gasteiger partial charge in [0.2, 0.25) is 5.91 Å². The summed E-state index contributed by atoms with van der Waals surface area (Å²) in [6, 6.07) is 13.4. The quantitative estimate of drug-likeness (QED) is 0.278. The summed E-state index contributed by atoms with van der Waals surface area (Å²) in [6.07, 6.45) is 7.87. The van der Waals surface area contributed by atoms with Gasteiger partial charge in [0.1, 0.15) is 18.3 Å². The standard InChI is InChI=1S/C31H39F3N6O/c1-6-24(31(5,33)34)19-36-28(21(2)29(41)40-26-15-13-25(32)14-16-26)35-18-22-9-11-23(12-10-22)27-8-7-17-38-39-20-37-30(27,3)4/h7-17,19-21,24,27-28,35H,6,18H2,1-5H3,(H,37,39)(H,40,41)/b8-7+,36-19-,38-17-. The molecule has 3 rings (SSSR count). The van der Waals surface area contributed by atoms with Gasteiger partial charge in [-0.2, -0.15) is 5.10 Å². The Kier molecular flexibility index (Phi) is 11.0. The number of amides is 1. The van der Waals surface area contributed by atoms with Gasteiger partial charge in [-0.15, -0.1) is 0 Å². The molecular weight excluding hydrogens is 529 g/mol. The van der Waals surface area contributed by atoms with Crippen LogP contribution in [0, 0.1) is 17.7 Å². The fourth-order valence-electron chi connectivity index (χ4n) is 4.46. The summed E-state index contributed by atoms with van der Waals surface area (Å²) < 4.78 is 41.4. The van der Waals surface area contributed by atoms with E-state index in [-0.39, 0.29) is 18.2 Å². The lowest BCUT2D eigenvalue weighted by atomic mass is 9.82. The second-order valence-corrected chi connectivity index (χ2v) is 10.8. The fourth-order valence-corrected chi connectivity index (χ4v) is 4.46. The Morgan fingerprint density at radius 2 is 1.85 bits per heavy atom. The van der Waals surface area contributed by atoms with Crippen LogP contribution >= 0.6 is 0 Å². The average molecular weight is 569 g/mol. The molecule has 1 amide bonds. The number of nitrogens with one attached hydrogen (secondary N) is 3. The summed E-state index contributed by atoms with van der Waals surface area (Å²) in [7, 11) is 0. The third kappa shape index (κ3) is 9.38. The van der Waals surface area contributed by atoms with Crippen LogP contribution in [0.5, 0.6) is 0 Å². The highest BCUT2D eigenvalue weighted by atomic mass is 19.3. The molecule has 4 unspecified atom stereocenters. The predicted octanol–water partition coefficient (Wildman–Crippen LogP) is 6.30. The highest BCUT2D eigenvalue weighted by Gasteiger charge is 2.32. The van der Waals surface area contributed by atoms with E-state index in [0.29, 0.717) is 12.2 Å². The summed E-state index contributed by atoms with van der Waals surface area (Å²) in [4.78, 5) is 22.0. The summed E-state index contributed by atoms with van der Waals surface area (Å²) in [5.74, 6) is -5.50. The van der Waals surface area contributed by atoms with E-state index in [0.717, 1.165) is 18.1 Å². The van der Waals surface area contributed by atoms with Crippen LogP contribution in [0.15, 0.2) is 75.8 Å². The molecule has 0 saturated heterocycles. The molecule has 0 aromatic heterocycles. The molecule has 0 fully saturated rings. The lowest BCUT2D eigenvalue weighted by Gasteiger charge is -2.29. The number of halogens is 3. The number of benzene rings is 2. The van der Waals surface area contributed by atoms with Gasteiger partial charge in [-0.25, -0.2) is 13.2 Å². The van der Waals surface area contributed by atoms with E-state index in [1.807, 2.05) is 44.2 Å². The number of carbonyl (C=O) groups is 1. The third-order valence-electron chi connectivity index (χ3n) is 7.13. The third-order valence-corrected chi connectivity index (χ3v) is 7.13. The maximum absolute atomic E-state index is 14.0. The Balaban J connectivity index is 1.77. The Bertz CT molecular complexity index is 1250. The Morgan fingerprint density at radius 1 is 1.17 bits per heavy atom. The average Bonchev–Trinajstić information content (AvgIpc) is 3.01. The molecule has 2 aromatic rings. The highest BCUT2D eigenvalue weighted by Crippen LogP contribution is 2.33. The van der Waals surface area contributed by atoms with Gasteiger partial charge in [-0.05, 0) is 68.7 Å².